The highest BCUT2D eigenvalue weighted by Gasteiger charge is 2.17. The molecule has 0 radical (unpaired) electrons. The smallest absolute Gasteiger partial charge is 0.266 e. The van der Waals surface area contributed by atoms with Gasteiger partial charge in [0.1, 0.15) is 11.5 Å². The fraction of sp³-hybridized carbons (Fsp3) is 0.438. The predicted molar refractivity (Wildman–Crippen MR) is 97.2 cm³/mol. The normalized spacial score (nSPS) is 12.0. The number of nitrogens with one attached hydrogen (secondary N) is 1. The van der Waals surface area contributed by atoms with Crippen molar-refractivity contribution < 1.29 is 14.3 Å². The number of ether oxygens (including phenoxy) is 2. The minimum absolute atomic E-state index is 0.262. The van der Waals surface area contributed by atoms with Gasteiger partial charge < -0.3 is 9.47 Å². The molecular formula is C16H21N3O3S2. The number of rotatable bonds is 8. The van der Waals surface area contributed by atoms with Crippen molar-refractivity contribution in [3.05, 3.63) is 24.3 Å². The lowest BCUT2D eigenvalue weighted by molar-refractivity contribution is -0.122. The van der Waals surface area contributed by atoms with Crippen molar-refractivity contribution in [1.82, 2.24) is 10.2 Å². The number of thioether (sulfide) groups is 1. The van der Waals surface area contributed by atoms with E-state index in [0.29, 0.717) is 16.8 Å². The number of hydrogen-bond acceptors (Lipinski definition) is 7. The zero-order valence-electron chi connectivity index (χ0n) is 14.1. The van der Waals surface area contributed by atoms with Crippen LogP contribution in [0.15, 0.2) is 28.6 Å². The Kier molecular flexibility index (Phi) is 6.86. The molecule has 0 saturated heterocycles. The highest BCUT2D eigenvalue weighted by molar-refractivity contribution is 8.01. The third-order valence-corrected chi connectivity index (χ3v) is 5.32. The third-order valence-electron chi connectivity index (χ3n) is 2.92. The number of aromatic nitrogens is 2. The maximum absolute atomic E-state index is 12.2. The minimum atomic E-state index is -0.644. The molecule has 0 fully saturated rings. The van der Waals surface area contributed by atoms with Crippen LogP contribution in [0.2, 0.25) is 0 Å². The second kappa shape index (κ2) is 8.89. The van der Waals surface area contributed by atoms with E-state index >= 15 is 0 Å². The summed E-state index contributed by atoms with van der Waals surface area (Å²) < 4.78 is 11.6. The molecule has 0 aliphatic carbocycles. The highest BCUT2D eigenvalue weighted by atomic mass is 32.2. The fourth-order valence-corrected chi connectivity index (χ4v) is 3.41. The fourth-order valence-electron chi connectivity index (χ4n) is 1.68. The number of nitrogens with zero attached hydrogens (tertiary/aromatic N) is 2. The molecule has 6 nitrogen and oxygen atoms in total. The van der Waals surface area contributed by atoms with Crippen LogP contribution in [0.25, 0.3) is 0 Å². The first-order valence-electron chi connectivity index (χ1n) is 7.55. The van der Waals surface area contributed by atoms with E-state index in [0.717, 1.165) is 15.8 Å². The first-order valence-corrected chi connectivity index (χ1v) is 9.36. The molecule has 1 N–H and O–H groups in total. The first-order chi connectivity index (χ1) is 11.5. The summed E-state index contributed by atoms with van der Waals surface area (Å²) in [7, 11) is 1.60. The van der Waals surface area contributed by atoms with Crippen molar-refractivity contribution in [3.8, 4) is 11.5 Å². The van der Waals surface area contributed by atoms with Crippen molar-refractivity contribution in [2.75, 3.05) is 18.2 Å². The Balaban J connectivity index is 1.86. The standard InChI is InChI=1S/C16H21N3O3S2/c1-10(2)9-23-16-19-18-15(24-16)17-14(20)11(3)22-13-7-5-12(21-4)6-8-13/h5-8,10-11H,9H2,1-4H3,(H,17,18,20)/t11-/m1/s1. The van der Waals surface area contributed by atoms with Crippen LogP contribution in [0.5, 0.6) is 11.5 Å². The van der Waals surface area contributed by atoms with Crippen molar-refractivity contribution in [3.63, 3.8) is 0 Å². The molecule has 24 heavy (non-hydrogen) atoms. The second-order valence-electron chi connectivity index (χ2n) is 5.50. The monoisotopic (exact) mass is 367 g/mol. The molecule has 2 aromatic rings. The molecule has 0 saturated carbocycles. The number of benzene rings is 1. The highest BCUT2D eigenvalue weighted by Crippen LogP contribution is 2.27. The number of carbonyl (C=O) groups is 1. The molecule has 0 aliphatic heterocycles. The van der Waals surface area contributed by atoms with Crippen LogP contribution >= 0.6 is 23.1 Å². The maximum atomic E-state index is 12.2. The van der Waals surface area contributed by atoms with Crippen molar-refractivity contribution in [2.45, 2.75) is 31.2 Å². The molecule has 1 heterocycles. The summed E-state index contributed by atoms with van der Waals surface area (Å²) in [5.74, 6) is 2.63. The van der Waals surface area contributed by atoms with Gasteiger partial charge >= 0.3 is 0 Å². The number of carbonyl (C=O) groups excluding carboxylic acids is 1. The number of hydrogen-bond donors (Lipinski definition) is 1. The molecule has 1 atom stereocenters. The number of amides is 1. The molecule has 1 amide bonds. The molecule has 8 heteroatoms. The van der Waals surface area contributed by atoms with Crippen LogP contribution in [0.1, 0.15) is 20.8 Å². The van der Waals surface area contributed by atoms with Crippen molar-refractivity contribution >= 4 is 34.1 Å². The van der Waals surface area contributed by atoms with Gasteiger partial charge in [0.2, 0.25) is 5.13 Å². The van der Waals surface area contributed by atoms with Gasteiger partial charge in [-0.15, -0.1) is 10.2 Å². The quantitative estimate of drug-likeness (QED) is 0.566. The predicted octanol–water partition coefficient (Wildman–Crippen LogP) is 3.70. The van der Waals surface area contributed by atoms with Crippen LogP contribution in [-0.2, 0) is 4.79 Å². The van der Waals surface area contributed by atoms with Gasteiger partial charge in [0.05, 0.1) is 7.11 Å². The van der Waals surface area contributed by atoms with E-state index in [1.54, 1.807) is 50.1 Å². The molecule has 130 valence electrons. The molecular weight excluding hydrogens is 346 g/mol. The van der Waals surface area contributed by atoms with Gasteiger partial charge in [0, 0.05) is 5.75 Å². The Morgan fingerprint density at radius 1 is 1.21 bits per heavy atom. The molecule has 0 spiro atoms. The van der Waals surface area contributed by atoms with E-state index in [-0.39, 0.29) is 5.91 Å². The van der Waals surface area contributed by atoms with Crippen LogP contribution in [0.4, 0.5) is 5.13 Å². The lowest BCUT2D eigenvalue weighted by Gasteiger charge is -2.13. The zero-order chi connectivity index (χ0) is 17.5. The van der Waals surface area contributed by atoms with Gasteiger partial charge in [0.25, 0.3) is 5.91 Å². The second-order valence-corrected chi connectivity index (χ2v) is 7.75. The minimum Gasteiger partial charge on any atom is -0.497 e. The summed E-state index contributed by atoms with van der Waals surface area (Å²) in [6, 6.07) is 7.08. The van der Waals surface area contributed by atoms with Gasteiger partial charge in [0.15, 0.2) is 10.4 Å². The van der Waals surface area contributed by atoms with Crippen LogP contribution in [0.3, 0.4) is 0 Å². The van der Waals surface area contributed by atoms with Gasteiger partial charge in [-0.25, -0.2) is 0 Å². The summed E-state index contributed by atoms with van der Waals surface area (Å²) in [6.45, 7) is 5.98. The molecule has 0 bridgehead atoms. The number of anilines is 1. The van der Waals surface area contributed by atoms with E-state index in [9.17, 15) is 4.79 Å². The van der Waals surface area contributed by atoms with Crippen LogP contribution < -0.4 is 14.8 Å². The lowest BCUT2D eigenvalue weighted by Crippen LogP contribution is -2.30. The summed E-state index contributed by atoms with van der Waals surface area (Å²) in [6.07, 6.45) is -0.644. The summed E-state index contributed by atoms with van der Waals surface area (Å²) in [5, 5.41) is 11.3. The van der Waals surface area contributed by atoms with Gasteiger partial charge in [-0.3, -0.25) is 10.1 Å². The third kappa shape index (κ3) is 5.68. The Bertz CT molecular complexity index is 659. The molecule has 1 aromatic carbocycles. The van der Waals surface area contributed by atoms with Gasteiger partial charge in [-0.2, -0.15) is 0 Å². The molecule has 2 rings (SSSR count). The number of methoxy groups -OCH3 is 1. The molecule has 1 aromatic heterocycles. The SMILES string of the molecule is COc1ccc(O[C@H](C)C(=O)Nc2nnc(SCC(C)C)s2)cc1. The van der Waals surface area contributed by atoms with Crippen LogP contribution in [-0.4, -0.2) is 35.1 Å². The van der Waals surface area contributed by atoms with Crippen molar-refractivity contribution in [2.24, 2.45) is 5.92 Å². The lowest BCUT2D eigenvalue weighted by atomic mass is 10.3. The van der Waals surface area contributed by atoms with E-state index in [1.165, 1.54) is 11.3 Å². The largest absolute Gasteiger partial charge is 0.497 e. The Morgan fingerprint density at radius 2 is 1.88 bits per heavy atom. The summed E-state index contributed by atoms with van der Waals surface area (Å²) in [4.78, 5) is 12.2. The zero-order valence-corrected chi connectivity index (χ0v) is 15.7. The van der Waals surface area contributed by atoms with E-state index in [4.69, 9.17) is 9.47 Å². The first kappa shape index (κ1) is 18.5. The topological polar surface area (TPSA) is 73.3 Å². The average molecular weight is 367 g/mol. The van der Waals surface area contributed by atoms with Crippen molar-refractivity contribution in [1.29, 1.82) is 0 Å². The van der Waals surface area contributed by atoms with E-state index < -0.39 is 6.10 Å². The van der Waals surface area contributed by atoms with E-state index in [1.807, 2.05) is 0 Å². The van der Waals surface area contributed by atoms with Gasteiger partial charge in [-0.05, 0) is 37.1 Å². The van der Waals surface area contributed by atoms with Gasteiger partial charge in [-0.1, -0.05) is 36.9 Å². The average Bonchev–Trinajstić information content (AvgIpc) is 3.01. The molecule has 0 aliphatic rings. The Hall–Kier alpha value is -1.80. The maximum Gasteiger partial charge on any atom is 0.266 e. The summed E-state index contributed by atoms with van der Waals surface area (Å²) in [5.41, 5.74) is 0. The van der Waals surface area contributed by atoms with Crippen LogP contribution in [0, 0.1) is 5.92 Å². The Morgan fingerprint density at radius 3 is 2.50 bits per heavy atom. The Labute approximate surface area is 150 Å². The van der Waals surface area contributed by atoms with E-state index in [2.05, 4.69) is 29.4 Å². The summed E-state index contributed by atoms with van der Waals surface area (Å²) >= 11 is 3.01. The molecule has 0 unspecified atom stereocenters.